The minimum Gasteiger partial charge on any atom is -0.496 e. The molecule has 1 saturated carbocycles. The maximum Gasteiger partial charge on any atom is 0.344 e. The third-order valence-electron chi connectivity index (χ3n) is 15.4. The molecule has 1 amide bonds. The maximum absolute atomic E-state index is 15.3. The number of piperidine rings is 1. The van der Waals surface area contributed by atoms with Crippen LogP contribution in [0.5, 0.6) is 5.75 Å². The van der Waals surface area contributed by atoms with Gasteiger partial charge in [-0.15, -0.1) is 0 Å². The van der Waals surface area contributed by atoms with E-state index in [-0.39, 0.29) is 5.92 Å². The molecule has 2 saturated heterocycles. The molecule has 13 heteroatoms. The van der Waals surface area contributed by atoms with E-state index in [1.165, 1.54) is 26.0 Å². The molecular formula is C46H56N4O9. The van der Waals surface area contributed by atoms with Crippen LogP contribution in [0.15, 0.2) is 48.6 Å². The van der Waals surface area contributed by atoms with Crippen LogP contribution < -0.4 is 9.64 Å². The maximum atomic E-state index is 15.3. The highest BCUT2D eigenvalue weighted by Gasteiger charge is 2.81. The van der Waals surface area contributed by atoms with Crippen molar-refractivity contribution in [1.82, 2.24) is 14.8 Å². The molecule has 1 spiro atoms. The van der Waals surface area contributed by atoms with Crippen molar-refractivity contribution in [2.75, 3.05) is 59.0 Å². The molecule has 1 aliphatic carbocycles. The Balaban J connectivity index is 1.38. The number of carbonyl (C=O) groups is 4. The van der Waals surface area contributed by atoms with Crippen LogP contribution in [-0.4, -0.2) is 122 Å². The minimum absolute atomic E-state index is 0.127. The number of rotatable bonds is 8. The van der Waals surface area contributed by atoms with Crippen molar-refractivity contribution in [3.8, 4) is 5.75 Å². The third kappa shape index (κ3) is 5.19. The molecule has 314 valence electrons. The van der Waals surface area contributed by atoms with Crippen LogP contribution in [0, 0.1) is 17.3 Å². The van der Waals surface area contributed by atoms with Gasteiger partial charge in [-0.2, -0.15) is 0 Å². The molecule has 6 heterocycles. The number of carbonyl (C=O) groups excluding carboxylic acids is 4. The number of hydrogen-bond donors (Lipinski definition) is 2. The molecule has 1 aromatic heterocycles. The molecule has 10 atom stereocenters. The highest BCUT2D eigenvalue weighted by molar-refractivity contribution is 5.96. The molecule has 2 aromatic carbocycles. The number of amides is 1. The lowest BCUT2D eigenvalue weighted by Gasteiger charge is -2.63. The molecule has 6 aliphatic rings. The molecule has 2 bridgehead atoms. The normalized spacial score (nSPS) is 35.6. The first-order valence-corrected chi connectivity index (χ1v) is 21.2. The summed E-state index contributed by atoms with van der Waals surface area (Å²) in [6.07, 6.45) is 7.25. The van der Waals surface area contributed by atoms with Gasteiger partial charge >= 0.3 is 17.9 Å². The second-order valence-electron chi connectivity index (χ2n) is 17.9. The standard InChI is InChI=1S/C46H56N4O9/c1-7-28-20-29-23-45(41(53)57-5,37-31(14-18-48(24-28)25-29)30-12-9-10-13-34(30)47-37)33-21-32-35(22-36(33)56-4)50(26-51)39-44(32)16-19-49-17-11-15-43(8-2,38(44)49)40(59-27(3)52)46(39,55)42(54)58-6/h9-13,15,21-22,26,28-29,38-40,47,55H,7-8,14,16-20,23-25H2,1-6H3/t28-,29-,38+,39-,40-,43-,44-,45+,46+/m0/s1. The van der Waals surface area contributed by atoms with E-state index in [1.807, 2.05) is 43.3 Å². The Morgan fingerprint density at radius 2 is 1.78 bits per heavy atom. The number of aromatic amines is 1. The molecule has 2 N–H and O–H groups in total. The van der Waals surface area contributed by atoms with Gasteiger partial charge in [0, 0.05) is 78.2 Å². The highest BCUT2D eigenvalue weighted by Crippen LogP contribution is 2.68. The summed E-state index contributed by atoms with van der Waals surface area (Å²) in [4.78, 5) is 66.5. The topological polar surface area (TPSA) is 151 Å². The Hall–Kier alpha value is -4.72. The number of nitrogens with one attached hydrogen (secondary N) is 1. The van der Waals surface area contributed by atoms with Gasteiger partial charge in [-0.3, -0.25) is 19.3 Å². The summed E-state index contributed by atoms with van der Waals surface area (Å²) < 4.78 is 23.8. The van der Waals surface area contributed by atoms with E-state index in [0.717, 1.165) is 54.6 Å². The first kappa shape index (κ1) is 39.7. The lowest BCUT2D eigenvalue weighted by Crippen LogP contribution is -2.81. The summed E-state index contributed by atoms with van der Waals surface area (Å²) in [6, 6.07) is 10.3. The quantitative estimate of drug-likeness (QED) is 0.144. The molecule has 1 unspecified atom stereocenters. The van der Waals surface area contributed by atoms with Crippen LogP contribution in [0.1, 0.15) is 75.3 Å². The predicted octanol–water partition coefficient (Wildman–Crippen LogP) is 4.40. The van der Waals surface area contributed by atoms with Gasteiger partial charge in [0.1, 0.15) is 11.2 Å². The molecule has 0 radical (unpaired) electrons. The van der Waals surface area contributed by atoms with Gasteiger partial charge in [-0.05, 0) is 73.7 Å². The van der Waals surface area contributed by atoms with E-state index in [2.05, 4.69) is 27.8 Å². The van der Waals surface area contributed by atoms with E-state index in [0.29, 0.717) is 73.7 Å². The SMILES string of the molecule is CC[C@H]1C[C@@H]2CN(CCc3c([nH]c4ccccc34)[C@](C(=O)OC)(c3cc4c(cc3OC)N(C=O)[C@@H]3[C@](O)(C(=O)OC)[C@@H](OC(C)=O)[C@@]5(CC)C=CCN6CC[C@@]43[C@H]65)C2)C1. The van der Waals surface area contributed by atoms with E-state index in [1.54, 1.807) is 13.2 Å². The van der Waals surface area contributed by atoms with Crippen molar-refractivity contribution in [2.45, 2.75) is 93.9 Å². The number of ether oxygens (including phenoxy) is 4. The highest BCUT2D eigenvalue weighted by atomic mass is 16.6. The zero-order valence-electron chi connectivity index (χ0n) is 34.9. The Bertz CT molecular complexity index is 2260. The molecule has 9 rings (SSSR count). The van der Waals surface area contributed by atoms with Crippen molar-refractivity contribution >= 4 is 40.9 Å². The largest absolute Gasteiger partial charge is 0.496 e. The summed E-state index contributed by atoms with van der Waals surface area (Å²) in [5.41, 5.74) is -1.54. The van der Waals surface area contributed by atoms with Crippen LogP contribution >= 0.6 is 0 Å². The Kier molecular flexibility index (Phi) is 9.56. The number of esters is 3. The monoisotopic (exact) mass is 808 g/mol. The molecule has 59 heavy (non-hydrogen) atoms. The lowest BCUT2D eigenvalue weighted by molar-refractivity contribution is -0.228. The zero-order chi connectivity index (χ0) is 41.6. The van der Waals surface area contributed by atoms with E-state index < -0.39 is 57.9 Å². The van der Waals surface area contributed by atoms with Crippen molar-refractivity contribution in [3.63, 3.8) is 0 Å². The molecule has 13 nitrogen and oxygen atoms in total. The predicted molar refractivity (Wildman–Crippen MR) is 219 cm³/mol. The van der Waals surface area contributed by atoms with Crippen LogP contribution in [0.4, 0.5) is 5.69 Å². The van der Waals surface area contributed by atoms with Gasteiger partial charge in [0.25, 0.3) is 0 Å². The van der Waals surface area contributed by atoms with Crippen molar-refractivity contribution in [3.05, 3.63) is 70.9 Å². The fraction of sp³-hybridized carbons (Fsp3) is 0.565. The van der Waals surface area contributed by atoms with Gasteiger partial charge < -0.3 is 38.8 Å². The fourth-order valence-electron chi connectivity index (χ4n) is 13.3. The summed E-state index contributed by atoms with van der Waals surface area (Å²) in [5, 5.41) is 14.3. The van der Waals surface area contributed by atoms with Crippen molar-refractivity contribution < 1.29 is 43.2 Å². The zero-order valence-corrected chi connectivity index (χ0v) is 34.9. The van der Waals surface area contributed by atoms with E-state index >= 15 is 4.79 Å². The van der Waals surface area contributed by atoms with Gasteiger partial charge in [0.05, 0.1) is 33.1 Å². The fourth-order valence-corrected chi connectivity index (χ4v) is 13.3. The van der Waals surface area contributed by atoms with Gasteiger partial charge in [-0.25, -0.2) is 4.79 Å². The average Bonchev–Trinajstić information content (AvgIpc) is 3.92. The summed E-state index contributed by atoms with van der Waals surface area (Å²) >= 11 is 0. The van der Waals surface area contributed by atoms with Gasteiger partial charge in [0.2, 0.25) is 12.0 Å². The number of benzene rings is 2. The first-order chi connectivity index (χ1) is 28.4. The number of methoxy groups -OCH3 is 3. The van der Waals surface area contributed by atoms with Gasteiger partial charge in [0.15, 0.2) is 6.10 Å². The number of aromatic nitrogens is 1. The van der Waals surface area contributed by atoms with E-state index in [9.17, 15) is 19.5 Å². The number of H-pyrrole nitrogens is 1. The minimum atomic E-state index is -2.50. The summed E-state index contributed by atoms with van der Waals surface area (Å²) in [6.45, 7) is 9.32. The molecule has 3 fully saturated rings. The molecule has 5 aliphatic heterocycles. The van der Waals surface area contributed by atoms with Gasteiger partial charge in [-0.1, -0.05) is 50.6 Å². The first-order valence-electron chi connectivity index (χ1n) is 21.2. The second kappa shape index (κ2) is 14.2. The van der Waals surface area contributed by atoms with Crippen LogP contribution in [0.2, 0.25) is 0 Å². The second-order valence-corrected chi connectivity index (χ2v) is 17.9. The summed E-state index contributed by atoms with van der Waals surface area (Å²) in [5.74, 6) is -1.12. The Morgan fingerprint density at radius 3 is 2.47 bits per heavy atom. The van der Waals surface area contributed by atoms with Crippen LogP contribution in [0.3, 0.4) is 0 Å². The molecule has 3 aromatic rings. The molecular weight excluding hydrogens is 753 g/mol. The summed E-state index contributed by atoms with van der Waals surface area (Å²) in [7, 11) is 4.19. The van der Waals surface area contributed by atoms with Crippen LogP contribution in [0.25, 0.3) is 10.9 Å². The van der Waals surface area contributed by atoms with E-state index in [4.69, 9.17) is 18.9 Å². The van der Waals surface area contributed by atoms with Crippen LogP contribution in [-0.2, 0) is 50.6 Å². The van der Waals surface area contributed by atoms with Crippen molar-refractivity contribution in [2.24, 2.45) is 17.3 Å². The average molecular weight is 809 g/mol. The Morgan fingerprint density at radius 1 is 1.00 bits per heavy atom. The van der Waals surface area contributed by atoms with Crippen molar-refractivity contribution in [1.29, 1.82) is 0 Å². The number of fused-ring (bicyclic) bond motifs is 6. The number of aliphatic hydroxyl groups is 1. The number of nitrogens with zero attached hydrogens (tertiary/aromatic N) is 3. The Labute approximate surface area is 345 Å². The third-order valence-corrected chi connectivity index (χ3v) is 15.4. The lowest BCUT2D eigenvalue weighted by atomic mass is 9.47. The smallest absolute Gasteiger partial charge is 0.344 e. The number of anilines is 1. The number of hydrogen-bond acceptors (Lipinski definition) is 11. The number of para-hydroxylation sites is 1.